The van der Waals surface area contributed by atoms with Crippen LogP contribution in [-0.4, -0.2) is 27.6 Å². The molecule has 0 spiro atoms. The number of aryl methyl sites for hydroxylation is 1. The number of hydrogen-bond donors (Lipinski definition) is 0. The fourth-order valence-electron chi connectivity index (χ4n) is 7.53. The number of nitriles is 1. The zero-order valence-corrected chi connectivity index (χ0v) is 38.5. The van der Waals surface area contributed by atoms with Gasteiger partial charge in [-0.1, -0.05) is 120 Å². The summed E-state index contributed by atoms with van der Waals surface area (Å²) in [5, 5.41) is 11.8. The van der Waals surface area contributed by atoms with Gasteiger partial charge in [0.15, 0.2) is 0 Å². The molecule has 0 saturated carbocycles. The molecule has 61 heavy (non-hydrogen) atoms. The van der Waals surface area contributed by atoms with Gasteiger partial charge < -0.3 is 14.0 Å². The Balaban J connectivity index is 0.000000286. The number of pyridine rings is 2. The zero-order valence-electron chi connectivity index (χ0n) is 38.1. The minimum absolute atomic E-state index is 0. The van der Waals surface area contributed by atoms with Gasteiger partial charge in [0.05, 0.1) is 30.5 Å². The summed E-state index contributed by atoms with van der Waals surface area (Å²) in [4.78, 5) is 13.9. The third-order valence-corrected chi connectivity index (χ3v) is 12.8. The fourth-order valence-corrected chi connectivity index (χ4v) is 8.57. The molecule has 0 aliphatic rings. The average molecular weight is 999 g/mol. The van der Waals surface area contributed by atoms with Crippen LogP contribution in [0.15, 0.2) is 126 Å². The summed E-state index contributed by atoms with van der Waals surface area (Å²) in [6, 6.07) is 44.5. The summed E-state index contributed by atoms with van der Waals surface area (Å²) >= 11 is 0. The molecule has 0 fully saturated rings. The molecule has 4 aromatic heterocycles. The van der Waals surface area contributed by atoms with Crippen LogP contribution in [0.25, 0.3) is 72.6 Å². The second-order valence-corrected chi connectivity index (χ2v) is 21.7. The van der Waals surface area contributed by atoms with Crippen LogP contribution >= 0.6 is 0 Å². The minimum atomic E-state index is -2.43. The monoisotopic (exact) mass is 999 g/mol. The first-order chi connectivity index (χ1) is 30.0. The van der Waals surface area contributed by atoms with Gasteiger partial charge in [-0.15, -0.1) is 47.5 Å². The SMILES string of the molecule is C[Si](C)(C)c1ccc(-c2[c-]cc(F)cc2)nc1.[2H]C([2H])([2H])c1c[c-]c(-c2nc3ccccc3n2-c2c(C(C)C)cc(-c3ccccc3)cc2C(C)C)c2oc3nc(C#N)ccc3c12.[Ir]. The van der Waals surface area contributed by atoms with E-state index in [0.717, 1.165) is 50.2 Å². The van der Waals surface area contributed by atoms with E-state index in [1.807, 2.05) is 42.6 Å². The van der Waals surface area contributed by atoms with Crippen LogP contribution in [-0.2, 0) is 20.1 Å². The Morgan fingerprint density at radius 2 is 1.54 bits per heavy atom. The van der Waals surface area contributed by atoms with Crippen LogP contribution in [0.2, 0.25) is 19.6 Å². The van der Waals surface area contributed by atoms with E-state index in [-0.39, 0.29) is 54.7 Å². The number of para-hydroxylation sites is 2. The molecule has 0 N–H and O–H groups in total. The van der Waals surface area contributed by atoms with Gasteiger partial charge in [0.25, 0.3) is 0 Å². The van der Waals surface area contributed by atoms with Crippen LogP contribution < -0.4 is 5.19 Å². The summed E-state index contributed by atoms with van der Waals surface area (Å²) in [5.74, 6) is 0.658. The summed E-state index contributed by atoms with van der Waals surface area (Å²) in [5.41, 5.74) is 10.4. The van der Waals surface area contributed by atoms with Gasteiger partial charge in [0.1, 0.15) is 11.8 Å². The number of rotatable bonds is 7. The number of fused-ring (bicyclic) bond motifs is 4. The summed E-state index contributed by atoms with van der Waals surface area (Å²) < 4.78 is 46.2. The number of furan rings is 1. The van der Waals surface area contributed by atoms with Gasteiger partial charge in [-0.05, 0) is 81.4 Å². The van der Waals surface area contributed by atoms with E-state index in [0.29, 0.717) is 27.7 Å². The van der Waals surface area contributed by atoms with Gasteiger partial charge >= 0.3 is 0 Å². The van der Waals surface area contributed by atoms with Gasteiger partial charge in [-0.3, -0.25) is 9.37 Å². The Kier molecular flexibility index (Phi) is 11.2. The molecular weight excluding hydrogens is 950 g/mol. The molecular formula is C52H46FIrN5OSi-2. The first-order valence-corrected chi connectivity index (χ1v) is 23.6. The molecule has 0 unspecified atom stereocenters. The van der Waals surface area contributed by atoms with Crippen molar-refractivity contribution in [1.29, 1.82) is 5.26 Å². The molecule has 0 atom stereocenters. The van der Waals surface area contributed by atoms with E-state index < -0.39 is 14.9 Å². The van der Waals surface area contributed by atoms with Crippen LogP contribution in [0, 0.1) is 36.1 Å². The molecule has 9 aromatic rings. The third kappa shape index (κ3) is 8.49. The molecule has 0 aliphatic carbocycles. The van der Waals surface area contributed by atoms with Gasteiger partial charge in [-0.25, -0.2) is 4.98 Å². The topological polar surface area (TPSA) is 80.5 Å². The van der Waals surface area contributed by atoms with Gasteiger partial charge in [0.2, 0.25) is 5.71 Å². The van der Waals surface area contributed by atoms with Crippen LogP contribution in [0.1, 0.15) is 66.0 Å². The maximum absolute atomic E-state index is 12.8. The second kappa shape index (κ2) is 17.5. The van der Waals surface area contributed by atoms with Crippen LogP contribution in [0.4, 0.5) is 4.39 Å². The second-order valence-electron chi connectivity index (χ2n) is 16.6. The molecule has 6 nitrogen and oxygen atoms in total. The molecule has 1 radical (unpaired) electrons. The predicted molar refractivity (Wildman–Crippen MR) is 245 cm³/mol. The van der Waals surface area contributed by atoms with E-state index in [1.165, 1.54) is 23.4 Å². The Bertz CT molecular complexity index is 3140. The molecule has 0 amide bonds. The first-order valence-electron chi connectivity index (χ1n) is 21.6. The van der Waals surface area contributed by atoms with E-state index in [4.69, 9.17) is 13.5 Å². The Morgan fingerprint density at radius 1 is 0.820 bits per heavy atom. The fraction of sp³-hybridized carbons (Fsp3) is 0.192. The van der Waals surface area contributed by atoms with Gasteiger partial charge in [-0.2, -0.15) is 5.26 Å². The Labute approximate surface area is 375 Å². The normalized spacial score (nSPS) is 12.4. The number of nitrogens with zero attached hydrogens (tertiary/aromatic N) is 5. The summed E-state index contributed by atoms with van der Waals surface area (Å²) in [6.07, 6.45) is 1.93. The van der Waals surface area contributed by atoms with Crippen molar-refractivity contribution in [2.75, 3.05) is 0 Å². The molecule has 9 heteroatoms. The van der Waals surface area contributed by atoms with Gasteiger partial charge in [0, 0.05) is 47.3 Å². The summed E-state index contributed by atoms with van der Waals surface area (Å²) in [6.45, 7) is 13.2. The largest absolute Gasteiger partial charge is 0.486 e. The van der Waals surface area contributed by atoms with E-state index in [2.05, 4.69) is 123 Å². The predicted octanol–water partition coefficient (Wildman–Crippen LogP) is 13.1. The molecule has 5 aromatic carbocycles. The van der Waals surface area contributed by atoms with Crippen molar-refractivity contribution >= 4 is 46.4 Å². The quantitative estimate of drug-likeness (QED) is 0.117. The molecule has 0 bridgehead atoms. The molecule has 0 aliphatic heterocycles. The number of halogens is 1. The molecule has 0 saturated heterocycles. The number of imidazole rings is 1. The van der Waals surface area contributed by atoms with Crippen molar-refractivity contribution in [3.8, 4) is 45.5 Å². The van der Waals surface area contributed by atoms with Crippen molar-refractivity contribution in [3.05, 3.63) is 162 Å². The standard InChI is InChI=1S/C38H31N4O.C14H15FNSi.Ir/c1-22(2)30-19-26(25-11-7-6-8-12-25)20-31(23(3)4)35(30)42-33-14-10-9-13-32(33)41-37(42)29-17-15-24(5)34-28-18-16-27(21-39)40-38(28)43-36(29)34;1-17(2,3)13-8-9-14(16-10-13)11-4-6-12(15)7-5-11;/h6-16,18-20,22-23H,1-5H3;4,6-10H,1-3H3;/q2*-1;/i5D3;;. The maximum Gasteiger partial charge on any atom is 0.217 e. The summed E-state index contributed by atoms with van der Waals surface area (Å²) in [7, 11) is -1.30. The maximum atomic E-state index is 12.8. The van der Waals surface area contributed by atoms with Crippen molar-refractivity contribution in [3.63, 3.8) is 0 Å². The van der Waals surface area contributed by atoms with Crippen LogP contribution in [0.3, 0.4) is 0 Å². The number of hydrogen-bond acceptors (Lipinski definition) is 5. The van der Waals surface area contributed by atoms with Crippen LogP contribution in [0.5, 0.6) is 0 Å². The molecule has 9 rings (SSSR count). The zero-order chi connectivity index (χ0) is 44.8. The third-order valence-electron chi connectivity index (χ3n) is 10.7. The smallest absolute Gasteiger partial charge is 0.217 e. The van der Waals surface area contributed by atoms with E-state index in [1.54, 1.807) is 18.2 Å². The minimum Gasteiger partial charge on any atom is -0.486 e. The molecule has 4 heterocycles. The number of benzene rings is 5. The van der Waals surface area contributed by atoms with Crippen molar-refractivity contribution in [1.82, 2.24) is 19.5 Å². The average Bonchev–Trinajstić information content (AvgIpc) is 3.84. The van der Waals surface area contributed by atoms with Crippen molar-refractivity contribution < 1.29 is 33.0 Å². The van der Waals surface area contributed by atoms with Crippen molar-refractivity contribution in [2.45, 2.75) is 66.0 Å². The first kappa shape index (κ1) is 39.1. The van der Waals surface area contributed by atoms with E-state index in [9.17, 15) is 9.65 Å². The Morgan fingerprint density at radius 3 is 2.16 bits per heavy atom. The van der Waals surface area contributed by atoms with E-state index >= 15 is 0 Å². The Hall–Kier alpha value is -6.04. The molecule has 307 valence electrons. The van der Waals surface area contributed by atoms with Crippen molar-refractivity contribution in [2.24, 2.45) is 0 Å². The number of aromatic nitrogens is 4.